The van der Waals surface area contributed by atoms with Crippen LogP contribution in [0.4, 0.5) is 16.2 Å². The molecule has 3 rings (SSSR count). The lowest BCUT2D eigenvalue weighted by atomic mass is 10.2. The molecule has 2 aromatic carbocycles. The van der Waals surface area contributed by atoms with Gasteiger partial charge in [-0.15, -0.1) is 0 Å². The van der Waals surface area contributed by atoms with E-state index in [0.717, 1.165) is 22.2 Å². The number of rotatable bonds is 5. The van der Waals surface area contributed by atoms with Crippen molar-refractivity contribution in [2.75, 3.05) is 16.4 Å². The van der Waals surface area contributed by atoms with Crippen molar-refractivity contribution in [1.29, 1.82) is 0 Å². The van der Waals surface area contributed by atoms with Crippen molar-refractivity contribution in [2.45, 2.75) is 26.1 Å². The average Bonchev–Trinajstić information content (AvgIpc) is 2.92. The Labute approximate surface area is 162 Å². The molecule has 1 fully saturated rings. The van der Waals surface area contributed by atoms with Gasteiger partial charge in [0.1, 0.15) is 5.75 Å². The molecule has 0 bridgehead atoms. The number of nitrogens with zero attached hydrogens (tertiary/aromatic N) is 2. The Bertz CT molecular complexity index is 865. The maximum Gasteiger partial charge on any atom is 0.295 e. The normalized spacial score (nSPS) is 16.6. The molecule has 1 saturated heterocycles. The van der Waals surface area contributed by atoms with Gasteiger partial charge in [-0.1, -0.05) is 17.7 Å². The van der Waals surface area contributed by atoms with Crippen molar-refractivity contribution in [3.8, 4) is 5.75 Å². The molecule has 0 radical (unpaired) electrons. The summed E-state index contributed by atoms with van der Waals surface area (Å²) in [4.78, 5) is 40.2. The van der Waals surface area contributed by atoms with Crippen molar-refractivity contribution >= 4 is 40.2 Å². The van der Waals surface area contributed by atoms with Crippen LogP contribution in [-0.2, 0) is 9.59 Å². The number of thioether (sulfide) groups is 1. The molecule has 6 nitrogen and oxygen atoms in total. The Morgan fingerprint density at radius 3 is 2.30 bits per heavy atom. The molecule has 1 aliphatic heterocycles. The molecule has 1 aliphatic rings. The Morgan fingerprint density at radius 2 is 1.74 bits per heavy atom. The molecule has 27 heavy (non-hydrogen) atoms. The van der Waals surface area contributed by atoms with E-state index in [4.69, 9.17) is 4.74 Å². The largest absolute Gasteiger partial charge is 0.494 e. The van der Waals surface area contributed by atoms with E-state index in [1.807, 2.05) is 26.0 Å². The van der Waals surface area contributed by atoms with E-state index in [0.29, 0.717) is 23.7 Å². The van der Waals surface area contributed by atoms with Crippen LogP contribution in [0.1, 0.15) is 19.4 Å². The lowest BCUT2D eigenvalue weighted by Gasteiger charge is -2.25. The summed E-state index contributed by atoms with van der Waals surface area (Å²) in [6, 6.07) is 14.0. The zero-order chi connectivity index (χ0) is 19.6. The third-order valence-corrected chi connectivity index (χ3v) is 5.14. The maximum atomic E-state index is 13.0. The number of ether oxygens (including phenoxy) is 1. The predicted octanol–water partition coefficient (Wildman–Crippen LogP) is 3.97. The van der Waals surface area contributed by atoms with Gasteiger partial charge in [-0.25, -0.2) is 4.90 Å². The molecular formula is C20H20N2O4S. The number of hydrogen-bond acceptors (Lipinski definition) is 5. The summed E-state index contributed by atoms with van der Waals surface area (Å²) < 4.78 is 5.41. The molecule has 1 heterocycles. The van der Waals surface area contributed by atoms with Crippen LogP contribution in [0.25, 0.3) is 0 Å². The molecule has 0 aliphatic carbocycles. The van der Waals surface area contributed by atoms with Crippen LogP contribution < -0.4 is 14.5 Å². The van der Waals surface area contributed by atoms with Crippen LogP contribution in [-0.4, -0.2) is 29.0 Å². The van der Waals surface area contributed by atoms with Crippen LogP contribution in [0.5, 0.6) is 5.75 Å². The first-order valence-electron chi connectivity index (χ1n) is 8.56. The molecular weight excluding hydrogens is 364 g/mol. The molecule has 0 aromatic heterocycles. The topological polar surface area (TPSA) is 66.9 Å². The second-order valence-corrected chi connectivity index (χ2v) is 7.09. The first-order valence-corrected chi connectivity index (χ1v) is 9.44. The summed E-state index contributed by atoms with van der Waals surface area (Å²) in [5.74, 6) is -0.0750. The van der Waals surface area contributed by atoms with Gasteiger partial charge in [-0.2, -0.15) is 0 Å². The van der Waals surface area contributed by atoms with Crippen LogP contribution in [0.15, 0.2) is 48.5 Å². The Kier molecular flexibility index (Phi) is 5.51. The Morgan fingerprint density at radius 1 is 1.11 bits per heavy atom. The summed E-state index contributed by atoms with van der Waals surface area (Å²) >= 11 is 0.838. The number of aryl methyl sites for hydroxylation is 1. The molecule has 140 valence electrons. The summed E-state index contributed by atoms with van der Waals surface area (Å²) in [5.41, 5.74) is 2.07. The Hall–Kier alpha value is -2.80. The van der Waals surface area contributed by atoms with Gasteiger partial charge in [0.15, 0.2) is 5.37 Å². The summed E-state index contributed by atoms with van der Waals surface area (Å²) in [6.45, 7) is 5.73. The van der Waals surface area contributed by atoms with E-state index < -0.39 is 16.5 Å². The van der Waals surface area contributed by atoms with Gasteiger partial charge in [-0.3, -0.25) is 19.3 Å². The summed E-state index contributed by atoms with van der Waals surface area (Å²) in [7, 11) is 0. The van der Waals surface area contributed by atoms with Crippen LogP contribution >= 0.6 is 11.8 Å². The summed E-state index contributed by atoms with van der Waals surface area (Å²) in [5, 5.41) is -1.33. The minimum absolute atomic E-state index is 0.316. The van der Waals surface area contributed by atoms with E-state index in [1.54, 1.807) is 36.4 Å². The molecule has 1 atom stereocenters. The van der Waals surface area contributed by atoms with Crippen molar-refractivity contribution in [1.82, 2.24) is 0 Å². The summed E-state index contributed by atoms with van der Waals surface area (Å²) in [6.07, 6.45) is 0. The fraction of sp³-hybridized carbons (Fsp3) is 0.250. The van der Waals surface area contributed by atoms with Gasteiger partial charge in [-0.05, 0) is 62.0 Å². The lowest BCUT2D eigenvalue weighted by molar-refractivity contribution is -0.121. The number of amides is 3. The molecule has 0 unspecified atom stereocenters. The Balaban J connectivity index is 1.90. The smallest absolute Gasteiger partial charge is 0.295 e. The van der Waals surface area contributed by atoms with Gasteiger partial charge in [0.25, 0.3) is 11.1 Å². The lowest BCUT2D eigenvalue weighted by Crippen LogP contribution is -2.44. The number of carbonyl (C=O) groups excluding carboxylic acids is 3. The number of benzene rings is 2. The fourth-order valence-corrected chi connectivity index (χ4v) is 3.91. The van der Waals surface area contributed by atoms with Gasteiger partial charge in [0.2, 0.25) is 5.91 Å². The number of hydrogen-bond donors (Lipinski definition) is 0. The molecule has 0 spiro atoms. The third-order valence-electron chi connectivity index (χ3n) is 4.12. The highest BCUT2D eigenvalue weighted by Gasteiger charge is 2.45. The third kappa shape index (κ3) is 3.83. The number of anilines is 2. The van der Waals surface area contributed by atoms with Crippen molar-refractivity contribution < 1.29 is 19.1 Å². The van der Waals surface area contributed by atoms with E-state index >= 15 is 0 Å². The molecule has 0 N–H and O–H groups in total. The highest BCUT2D eigenvalue weighted by molar-refractivity contribution is 8.16. The van der Waals surface area contributed by atoms with E-state index in [-0.39, 0.29) is 5.91 Å². The van der Waals surface area contributed by atoms with Gasteiger partial charge in [0.05, 0.1) is 12.3 Å². The number of carbonyl (C=O) groups is 3. The first-order chi connectivity index (χ1) is 12.9. The highest BCUT2D eigenvalue weighted by atomic mass is 32.2. The second kappa shape index (κ2) is 7.84. The molecule has 3 amide bonds. The molecule has 2 aromatic rings. The highest BCUT2D eigenvalue weighted by Crippen LogP contribution is 2.36. The average molecular weight is 384 g/mol. The van der Waals surface area contributed by atoms with Crippen molar-refractivity contribution in [3.05, 3.63) is 54.1 Å². The predicted molar refractivity (Wildman–Crippen MR) is 106 cm³/mol. The number of imide groups is 1. The van der Waals surface area contributed by atoms with Gasteiger partial charge in [0, 0.05) is 12.6 Å². The van der Waals surface area contributed by atoms with Crippen molar-refractivity contribution in [3.63, 3.8) is 0 Å². The quantitative estimate of drug-likeness (QED) is 0.780. The van der Waals surface area contributed by atoms with E-state index in [1.165, 1.54) is 11.8 Å². The van der Waals surface area contributed by atoms with Crippen molar-refractivity contribution in [2.24, 2.45) is 0 Å². The maximum absolute atomic E-state index is 13.0. The van der Waals surface area contributed by atoms with Crippen LogP contribution in [0, 0.1) is 6.92 Å². The standard InChI is InChI=1S/C20H20N2O4S/c1-4-26-17-11-9-15(10-12-17)21(14(3)23)19-18(24)22(20(25)27-19)16-7-5-13(2)6-8-16/h5-12,19H,4H2,1-3H3/t19-/m0/s1. The SMILES string of the molecule is CCOc1ccc(N(C(C)=O)[C@H]2SC(=O)N(c3ccc(C)cc3)C2=O)cc1. The van der Waals surface area contributed by atoms with E-state index in [2.05, 4.69) is 0 Å². The van der Waals surface area contributed by atoms with Crippen LogP contribution in [0.3, 0.4) is 0 Å². The zero-order valence-corrected chi connectivity index (χ0v) is 16.2. The van der Waals surface area contributed by atoms with Gasteiger partial charge >= 0.3 is 0 Å². The molecule has 0 saturated carbocycles. The minimum atomic E-state index is -0.936. The van der Waals surface area contributed by atoms with E-state index in [9.17, 15) is 14.4 Å². The zero-order valence-electron chi connectivity index (χ0n) is 15.3. The minimum Gasteiger partial charge on any atom is -0.494 e. The first kappa shape index (κ1) is 19.0. The monoisotopic (exact) mass is 384 g/mol. The van der Waals surface area contributed by atoms with Gasteiger partial charge < -0.3 is 4.74 Å². The second-order valence-electron chi connectivity index (χ2n) is 6.06. The fourth-order valence-electron chi connectivity index (χ4n) is 2.84. The molecule has 7 heteroatoms. The van der Waals surface area contributed by atoms with Crippen LogP contribution in [0.2, 0.25) is 0 Å².